The fourth-order valence-electron chi connectivity index (χ4n) is 3.56. The number of halogens is 1. The van der Waals surface area contributed by atoms with E-state index in [9.17, 15) is 13.2 Å². The minimum atomic E-state index is -4.01. The molecule has 34 heavy (non-hydrogen) atoms. The number of rotatable bonds is 9. The molecule has 0 radical (unpaired) electrons. The number of aryl methyl sites for hydroxylation is 2. The molecule has 8 heteroatoms. The first-order valence-corrected chi connectivity index (χ1v) is 12.8. The van der Waals surface area contributed by atoms with E-state index in [1.807, 2.05) is 51.1 Å². The van der Waals surface area contributed by atoms with Crippen molar-refractivity contribution < 1.29 is 17.9 Å². The molecule has 0 heterocycles. The van der Waals surface area contributed by atoms with Gasteiger partial charge in [0.15, 0.2) is 0 Å². The Morgan fingerprint density at radius 2 is 1.65 bits per heavy atom. The van der Waals surface area contributed by atoms with Gasteiger partial charge in [0.25, 0.3) is 10.0 Å². The van der Waals surface area contributed by atoms with Gasteiger partial charge >= 0.3 is 0 Å². The number of amides is 1. The molecule has 1 N–H and O–H groups in total. The molecule has 0 saturated carbocycles. The van der Waals surface area contributed by atoms with Crippen molar-refractivity contribution in [2.24, 2.45) is 0 Å². The van der Waals surface area contributed by atoms with Gasteiger partial charge in [-0.05, 0) is 85.5 Å². The van der Waals surface area contributed by atoms with Gasteiger partial charge < -0.3 is 10.1 Å². The molecule has 180 valence electrons. The molecule has 0 bridgehead atoms. The smallest absolute Gasteiger partial charge is 0.264 e. The van der Waals surface area contributed by atoms with Crippen molar-refractivity contribution in [2.45, 2.75) is 38.1 Å². The number of nitrogens with zero attached hydrogens (tertiary/aromatic N) is 1. The van der Waals surface area contributed by atoms with Crippen molar-refractivity contribution in [1.82, 2.24) is 5.32 Å². The predicted molar refractivity (Wildman–Crippen MR) is 136 cm³/mol. The Balaban J connectivity index is 1.91. The summed E-state index contributed by atoms with van der Waals surface area (Å²) in [7, 11) is -2.42. The molecule has 0 unspecified atom stereocenters. The second-order valence-corrected chi connectivity index (χ2v) is 10.3. The van der Waals surface area contributed by atoms with Gasteiger partial charge in [0.2, 0.25) is 5.91 Å². The third-order valence-corrected chi connectivity index (χ3v) is 7.77. The van der Waals surface area contributed by atoms with Gasteiger partial charge in [-0.3, -0.25) is 9.10 Å². The first kappa shape index (κ1) is 25.6. The SMILES string of the molecule is CC[C@H](NC(=O)CN(c1ccc(C)c(C)c1)S(=O)(=O)c1ccc(Cl)cc1)c1ccc(OC)cc1. The summed E-state index contributed by atoms with van der Waals surface area (Å²) in [6.45, 7) is 5.45. The quantitative estimate of drug-likeness (QED) is 0.425. The number of nitrogens with one attached hydrogen (secondary N) is 1. The van der Waals surface area contributed by atoms with Gasteiger partial charge in [-0.2, -0.15) is 0 Å². The number of carbonyl (C=O) groups excluding carboxylic acids is 1. The number of benzene rings is 3. The Labute approximate surface area is 206 Å². The summed E-state index contributed by atoms with van der Waals surface area (Å²) in [6.07, 6.45) is 0.644. The first-order chi connectivity index (χ1) is 16.1. The van der Waals surface area contributed by atoms with Gasteiger partial charge in [-0.25, -0.2) is 8.42 Å². The van der Waals surface area contributed by atoms with E-state index in [0.29, 0.717) is 17.1 Å². The maximum Gasteiger partial charge on any atom is 0.264 e. The third-order valence-electron chi connectivity index (χ3n) is 5.73. The molecule has 1 amide bonds. The molecule has 0 aliphatic rings. The molecule has 0 aliphatic heterocycles. The van der Waals surface area contributed by atoms with E-state index in [1.54, 1.807) is 19.2 Å². The molecule has 3 aromatic carbocycles. The van der Waals surface area contributed by atoms with Crippen LogP contribution in [0.5, 0.6) is 5.75 Å². The monoisotopic (exact) mass is 500 g/mol. The summed E-state index contributed by atoms with van der Waals surface area (Å²) < 4.78 is 33.5. The number of hydrogen-bond donors (Lipinski definition) is 1. The average molecular weight is 501 g/mol. The molecule has 0 aliphatic carbocycles. The van der Waals surface area contributed by atoms with E-state index < -0.39 is 15.9 Å². The number of methoxy groups -OCH3 is 1. The van der Waals surface area contributed by atoms with Crippen LogP contribution in [0.15, 0.2) is 71.6 Å². The predicted octanol–water partition coefficient (Wildman–Crippen LogP) is 5.43. The summed E-state index contributed by atoms with van der Waals surface area (Å²) in [6, 6.07) is 18.4. The molecule has 6 nitrogen and oxygen atoms in total. The minimum absolute atomic E-state index is 0.0603. The number of ether oxygens (including phenoxy) is 1. The molecule has 3 rings (SSSR count). The zero-order valence-corrected chi connectivity index (χ0v) is 21.3. The van der Waals surface area contributed by atoms with Crippen LogP contribution in [-0.2, 0) is 14.8 Å². The topological polar surface area (TPSA) is 75.7 Å². The van der Waals surface area contributed by atoms with E-state index in [4.69, 9.17) is 16.3 Å². The van der Waals surface area contributed by atoms with E-state index in [0.717, 1.165) is 26.7 Å². The largest absolute Gasteiger partial charge is 0.497 e. The van der Waals surface area contributed by atoms with E-state index in [2.05, 4.69) is 5.32 Å². The van der Waals surface area contributed by atoms with Crippen molar-refractivity contribution in [1.29, 1.82) is 0 Å². The van der Waals surface area contributed by atoms with Gasteiger partial charge in [0.05, 0.1) is 23.7 Å². The van der Waals surface area contributed by atoms with Crippen LogP contribution in [0, 0.1) is 13.8 Å². The third kappa shape index (κ3) is 5.90. The van der Waals surface area contributed by atoms with Crippen LogP contribution in [0.3, 0.4) is 0 Å². The Morgan fingerprint density at radius 3 is 2.21 bits per heavy atom. The highest BCUT2D eigenvalue weighted by atomic mass is 35.5. The lowest BCUT2D eigenvalue weighted by molar-refractivity contribution is -0.120. The molecular formula is C26H29ClN2O4S. The van der Waals surface area contributed by atoms with E-state index >= 15 is 0 Å². The van der Waals surface area contributed by atoms with Crippen LogP contribution in [0.1, 0.15) is 36.1 Å². The standard InChI is InChI=1S/C26H29ClN2O4S/c1-5-25(20-7-12-23(33-4)13-8-20)28-26(30)17-29(22-11-6-18(2)19(3)16-22)34(31,32)24-14-9-21(27)10-15-24/h6-16,25H,5,17H2,1-4H3,(H,28,30)/t25-/m0/s1. The average Bonchev–Trinajstić information content (AvgIpc) is 2.83. The highest BCUT2D eigenvalue weighted by Crippen LogP contribution is 2.27. The normalized spacial score (nSPS) is 12.1. The van der Waals surface area contributed by atoms with Gasteiger partial charge in [-0.1, -0.05) is 36.7 Å². The van der Waals surface area contributed by atoms with Crippen LogP contribution in [0.25, 0.3) is 0 Å². The van der Waals surface area contributed by atoms with Gasteiger partial charge in [0.1, 0.15) is 12.3 Å². The fourth-order valence-corrected chi connectivity index (χ4v) is 5.10. The zero-order valence-electron chi connectivity index (χ0n) is 19.7. The number of carbonyl (C=O) groups is 1. The van der Waals surface area contributed by atoms with Crippen LogP contribution in [0.4, 0.5) is 5.69 Å². The van der Waals surface area contributed by atoms with Crippen LogP contribution in [-0.4, -0.2) is 28.0 Å². The number of hydrogen-bond acceptors (Lipinski definition) is 4. The lowest BCUT2D eigenvalue weighted by Crippen LogP contribution is -2.42. The van der Waals surface area contributed by atoms with Crippen LogP contribution < -0.4 is 14.4 Å². The lowest BCUT2D eigenvalue weighted by atomic mass is 10.0. The zero-order chi connectivity index (χ0) is 24.9. The summed E-state index contributed by atoms with van der Waals surface area (Å²) in [5, 5.41) is 3.40. The molecule has 0 fully saturated rings. The lowest BCUT2D eigenvalue weighted by Gasteiger charge is -2.26. The van der Waals surface area contributed by atoms with Crippen molar-refractivity contribution in [3.05, 3.63) is 88.4 Å². The van der Waals surface area contributed by atoms with Crippen molar-refractivity contribution in [2.75, 3.05) is 18.0 Å². The molecule has 3 aromatic rings. The molecule has 0 aromatic heterocycles. The highest BCUT2D eigenvalue weighted by molar-refractivity contribution is 7.92. The Hall–Kier alpha value is -3.03. The van der Waals surface area contributed by atoms with Crippen LogP contribution >= 0.6 is 11.6 Å². The number of sulfonamides is 1. The van der Waals surface area contributed by atoms with Gasteiger partial charge in [0, 0.05) is 5.02 Å². The first-order valence-electron chi connectivity index (χ1n) is 10.9. The second kappa shape index (κ2) is 10.9. The maximum absolute atomic E-state index is 13.6. The van der Waals surface area contributed by atoms with E-state index in [1.165, 1.54) is 24.3 Å². The van der Waals surface area contributed by atoms with Crippen molar-refractivity contribution >= 4 is 33.2 Å². The molecule has 0 spiro atoms. The van der Waals surface area contributed by atoms with E-state index in [-0.39, 0.29) is 17.5 Å². The molecule has 0 saturated heterocycles. The molecular weight excluding hydrogens is 472 g/mol. The highest BCUT2D eigenvalue weighted by Gasteiger charge is 2.28. The van der Waals surface area contributed by atoms with Gasteiger partial charge in [-0.15, -0.1) is 0 Å². The maximum atomic E-state index is 13.6. The second-order valence-electron chi connectivity index (χ2n) is 8.04. The van der Waals surface area contributed by atoms with Crippen molar-refractivity contribution in [3.63, 3.8) is 0 Å². The Bertz CT molecular complexity index is 1240. The summed E-state index contributed by atoms with van der Waals surface area (Å²) in [4.78, 5) is 13.2. The summed E-state index contributed by atoms with van der Waals surface area (Å²) >= 11 is 5.95. The fraction of sp³-hybridized carbons (Fsp3) is 0.269. The summed E-state index contributed by atoms with van der Waals surface area (Å²) in [5.74, 6) is 0.318. The number of anilines is 1. The van der Waals surface area contributed by atoms with Crippen molar-refractivity contribution in [3.8, 4) is 5.75 Å². The Morgan fingerprint density at radius 1 is 1.00 bits per heavy atom. The van der Waals surface area contributed by atoms with Crippen LogP contribution in [0.2, 0.25) is 5.02 Å². The minimum Gasteiger partial charge on any atom is -0.497 e. The molecule has 1 atom stereocenters. The summed E-state index contributed by atoms with van der Waals surface area (Å²) in [5.41, 5.74) is 3.29. The Kier molecular flexibility index (Phi) is 8.23.